The Labute approximate surface area is 124 Å². The van der Waals surface area contributed by atoms with Crippen molar-refractivity contribution >= 4 is 11.4 Å². The predicted molar refractivity (Wildman–Crippen MR) is 84.1 cm³/mol. The van der Waals surface area contributed by atoms with Crippen molar-refractivity contribution < 1.29 is 0 Å². The molecule has 1 aliphatic heterocycles. The highest BCUT2D eigenvalue weighted by Gasteiger charge is 2.20. The van der Waals surface area contributed by atoms with E-state index in [4.69, 9.17) is 0 Å². The largest absolute Gasteiger partial charge is 0.355 e. The molecule has 0 amide bonds. The summed E-state index contributed by atoms with van der Waals surface area (Å²) in [6.45, 7) is 4.29. The van der Waals surface area contributed by atoms with Crippen LogP contribution in [0.2, 0.25) is 0 Å². The topological polar surface area (TPSA) is 41.9 Å². The average molecular weight is 278 g/mol. The molecule has 0 atom stereocenters. The summed E-state index contributed by atoms with van der Waals surface area (Å²) in [5, 5.41) is 0. The third-order valence-electron chi connectivity index (χ3n) is 4.35. The van der Waals surface area contributed by atoms with Gasteiger partial charge in [0.15, 0.2) is 5.82 Å². The minimum Gasteiger partial charge on any atom is -0.355 e. The molecule has 4 nitrogen and oxygen atoms in total. The zero-order valence-electron chi connectivity index (χ0n) is 12.2. The monoisotopic (exact) mass is 278 g/mol. The van der Waals surface area contributed by atoms with Gasteiger partial charge in [-0.3, -0.25) is 9.97 Å². The second kappa shape index (κ2) is 4.95. The predicted octanol–water partition coefficient (Wildman–Crippen LogP) is 3.10. The number of hydrogen-bond acceptors (Lipinski definition) is 4. The van der Waals surface area contributed by atoms with Crippen LogP contribution in [0.4, 0.5) is 5.82 Å². The Balaban J connectivity index is 1.80. The van der Waals surface area contributed by atoms with E-state index in [0.29, 0.717) is 0 Å². The molecule has 1 fully saturated rings. The van der Waals surface area contributed by atoms with Crippen LogP contribution in [0, 0.1) is 0 Å². The number of allylic oxidation sites excluding steroid dienone is 2. The van der Waals surface area contributed by atoms with Crippen molar-refractivity contribution in [3.8, 4) is 11.3 Å². The first-order valence-corrected chi connectivity index (χ1v) is 7.55. The molecule has 3 heterocycles. The molecule has 106 valence electrons. The summed E-state index contributed by atoms with van der Waals surface area (Å²) < 4.78 is 0. The normalized spacial score (nSPS) is 17.0. The van der Waals surface area contributed by atoms with Crippen molar-refractivity contribution in [2.24, 2.45) is 0 Å². The lowest BCUT2D eigenvalue weighted by Crippen LogP contribution is -2.20. The second-order valence-electron chi connectivity index (χ2n) is 5.73. The summed E-state index contributed by atoms with van der Waals surface area (Å²) in [4.78, 5) is 16.1. The third kappa shape index (κ3) is 2.11. The summed E-state index contributed by atoms with van der Waals surface area (Å²) in [5.41, 5.74) is 5.76. The fraction of sp³-hybridized carbons (Fsp3) is 0.353. The van der Waals surface area contributed by atoms with Crippen molar-refractivity contribution in [3.63, 3.8) is 0 Å². The fourth-order valence-corrected chi connectivity index (χ4v) is 3.18. The van der Waals surface area contributed by atoms with E-state index in [2.05, 4.69) is 38.9 Å². The maximum absolute atomic E-state index is 4.62. The molecular weight excluding hydrogens is 260 g/mol. The van der Waals surface area contributed by atoms with Gasteiger partial charge in [0.2, 0.25) is 0 Å². The van der Waals surface area contributed by atoms with Gasteiger partial charge < -0.3 is 4.90 Å². The van der Waals surface area contributed by atoms with Crippen LogP contribution in [0.1, 0.15) is 31.0 Å². The maximum atomic E-state index is 4.62. The maximum Gasteiger partial charge on any atom is 0.155 e. The summed E-state index contributed by atoms with van der Waals surface area (Å²) in [7, 11) is 0. The number of anilines is 1. The minimum absolute atomic E-state index is 0.945. The van der Waals surface area contributed by atoms with Crippen LogP contribution in [0.25, 0.3) is 16.8 Å². The Morgan fingerprint density at radius 1 is 1.05 bits per heavy atom. The number of rotatable bonds is 2. The molecule has 4 rings (SSSR count). The van der Waals surface area contributed by atoms with Crippen molar-refractivity contribution in [2.45, 2.75) is 26.2 Å². The molecule has 0 bridgehead atoms. The molecule has 0 spiro atoms. The number of fused-ring (bicyclic) bond motifs is 1. The minimum atomic E-state index is 0.945. The van der Waals surface area contributed by atoms with Crippen molar-refractivity contribution in [3.05, 3.63) is 42.0 Å². The number of hydrogen-bond donors (Lipinski definition) is 0. The first-order chi connectivity index (χ1) is 10.3. The first-order valence-electron chi connectivity index (χ1n) is 7.55. The van der Waals surface area contributed by atoms with Crippen LogP contribution >= 0.6 is 0 Å². The van der Waals surface area contributed by atoms with E-state index in [0.717, 1.165) is 36.6 Å². The number of nitrogens with zero attached hydrogens (tertiary/aromatic N) is 4. The molecule has 0 saturated carbocycles. The zero-order chi connectivity index (χ0) is 14.2. The summed E-state index contributed by atoms with van der Waals surface area (Å²) in [6.07, 6.45) is 11.1. The molecule has 2 aromatic heterocycles. The van der Waals surface area contributed by atoms with Crippen LogP contribution in [-0.4, -0.2) is 28.0 Å². The number of aromatic nitrogens is 3. The molecule has 21 heavy (non-hydrogen) atoms. The van der Waals surface area contributed by atoms with Crippen LogP contribution in [0.15, 0.2) is 30.7 Å². The van der Waals surface area contributed by atoms with Crippen molar-refractivity contribution in [1.82, 2.24) is 15.0 Å². The van der Waals surface area contributed by atoms with Crippen LogP contribution < -0.4 is 4.90 Å². The van der Waals surface area contributed by atoms with Crippen molar-refractivity contribution in [2.75, 3.05) is 18.0 Å². The summed E-state index contributed by atoms with van der Waals surface area (Å²) in [6, 6.07) is 2.21. The first kappa shape index (κ1) is 12.5. The molecule has 0 unspecified atom stereocenters. The van der Waals surface area contributed by atoms with Gasteiger partial charge in [-0.1, -0.05) is 6.08 Å². The SMILES string of the molecule is CC1=CCc2ncc(-c3nccnc3N3CCCC3)cc21. The molecule has 2 aromatic rings. The van der Waals surface area contributed by atoms with E-state index in [-0.39, 0.29) is 0 Å². The average Bonchev–Trinajstić information content (AvgIpc) is 3.18. The molecule has 0 aromatic carbocycles. The Morgan fingerprint density at radius 3 is 2.71 bits per heavy atom. The Kier molecular flexibility index (Phi) is 2.95. The van der Waals surface area contributed by atoms with E-state index in [1.54, 1.807) is 12.4 Å². The van der Waals surface area contributed by atoms with Gasteiger partial charge in [-0.05, 0) is 37.0 Å². The van der Waals surface area contributed by atoms with E-state index >= 15 is 0 Å². The molecule has 0 radical (unpaired) electrons. The van der Waals surface area contributed by atoms with Gasteiger partial charge in [0, 0.05) is 43.7 Å². The van der Waals surface area contributed by atoms with Crippen LogP contribution in [-0.2, 0) is 6.42 Å². The van der Waals surface area contributed by atoms with E-state index in [1.807, 2.05) is 6.20 Å². The molecule has 1 aliphatic carbocycles. The van der Waals surface area contributed by atoms with Gasteiger partial charge in [-0.15, -0.1) is 0 Å². The Hall–Kier alpha value is -2.23. The number of pyridine rings is 1. The Morgan fingerprint density at radius 2 is 1.86 bits per heavy atom. The summed E-state index contributed by atoms with van der Waals surface area (Å²) in [5.74, 6) is 0.997. The lowest BCUT2D eigenvalue weighted by molar-refractivity contribution is 0.929. The highest BCUT2D eigenvalue weighted by atomic mass is 15.2. The molecule has 4 heteroatoms. The second-order valence-corrected chi connectivity index (χ2v) is 5.73. The van der Waals surface area contributed by atoms with Gasteiger partial charge in [0.1, 0.15) is 5.69 Å². The highest BCUT2D eigenvalue weighted by Crippen LogP contribution is 2.33. The molecule has 2 aliphatic rings. The van der Waals surface area contributed by atoms with Gasteiger partial charge in [0.05, 0.1) is 5.69 Å². The quantitative estimate of drug-likeness (QED) is 0.846. The van der Waals surface area contributed by atoms with Gasteiger partial charge in [0.25, 0.3) is 0 Å². The lowest BCUT2D eigenvalue weighted by atomic mass is 10.1. The van der Waals surface area contributed by atoms with Crippen molar-refractivity contribution in [1.29, 1.82) is 0 Å². The van der Waals surface area contributed by atoms with Crippen LogP contribution in [0.3, 0.4) is 0 Å². The van der Waals surface area contributed by atoms with Gasteiger partial charge in [-0.2, -0.15) is 0 Å². The Bertz CT molecular complexity index is 714. The van der Waals surface area contributed by atoms with Crippen LogP contribution in [0.5, 0.6) is 0 Å². The molecular formula is C17H18N4. The van der Waals surface area contributed by atoms with E-state index < -0.39 is 0 Å². The van der Waals surface area contributed by atoms with Gasteiger partial charge >= 0.3 is 0 Å². The molecule has 0 N–H and O–H groups in total. The lowest BCUT2D eigenvalue weighted by Gasteiger charge is -2.19. The standard InChI is InChI=1S/C17H18N4/c1-12-4-5-15-14(12)10-13(11-20-15)16-17(19-7-6-18-16)21-8-2-3-9-21/h4,6-7,10-11H,2-3,5,8-9H2,1H3. The van der Waals surface area contributed by atoms with Gasteiger partial charge in [-0.25, -0.2) is 4.98 Å². The molecule has 1 saturated heterocycles. The third-order valence-corrected chi connectivity index (χ3v) is 4.35. The fourth-order valence-electron chi connectivity index (χ4n) is 3.18. The highest BCUT2D eigenvalue weighted by molar-refractivity contribution is 5.78. The smallest absolute Gasteiger partial charge is 0.155 e. The van der Waals surface area contributed by atoms with E-state index in [9.17, 15) is 0 Å². The zero-order valence-corrected chi connectivity index (χ0v) is 12.2. The van der Waals surface area contributed by atoms with E-state index in [1.165, 1.54) is 29.7 Å². The summed E-state index contributed by atoms with van der Waals surface area (Å²) >= 11 is 0.